The number of fused-ring (bicyclic) bond motifs is 1. The third-order valence-corrected chi connectivity index (χ3v) is 4.10. The summed E-state index contributed by atoms with van der Waals surface area (Å²) in [6.07, 6.45) is 5.87. The Kier molecular flexibility index (Phi) is 3.12. The van der Waals surface area contributed by atoms with Gasteiger partial charge >= 0.3 is 0 Å². The lowest BCUT2D eigenvalue weighted by molar-refractivity contribution is 0.0626. The molecule has 1 aliphatic heterocycles. The summed E-state index contributed by atoms with van der Waals surface area (Å²) < 4.78 is 5.38. The lowest BCUT2D eigenvalue weighted by Gasteiger charge is -2.30. The minimum Gasteiger partial charge on any atom is -0.392 e. The Balaban J connectivity index is 1.84. The van der Waals surface area contributed by atoms with Gasteiger partial charge in [-0.1, -0.05) is 6.07 Å². The van der Waals surface area contributed by atoms with Crippen molar-refractivity contribution in [3.05, 3.63) is 29.6 Å². The zero-order valence-corrected chi connectivity index (χ0v) is 10.0. The molecule has 3 unspecified atom stereocenters. The van der Waals surface area contributed by atoms with Crippen molar-refractivity contribution >= 4 is 0 Å². The summed E-state index contributed by atoms with van der Waals surface area (Å²) in [6.45, 7) is 1.50. The Hall–Kier alpha value is -0.930. The van der Waals surface area contributed by atoms with Crippen molar-refractivity contribution in [1.29, 1.82) is 0 Å². The Labute approximate surface area is 102 Å². The van der Waals surface area contributed by atoms with E-state index in [1.165, 1.54) is 5.56 Å². The molecule has 0 radical (unpaired) electrons. The Morgan fingerprint density at radius 2 is 2.35 bits per heavy atom. The number of aliphatic hydroxyl groups excluding tert-OH is 1. The number of ether oxygens (including phenoxy) is 1. The van der Waals surface area contributed by atoms with Gasteiger partial charge < -0.3 is 9.84 Å². The number of aryl methyl sites for hydroxylation is 1. The molecule has 0 spiro atoms. The van der Waals surface area contributed by atoms with Gasteiger partial charge in [0.2, 0.25) is 0 Å². The molecule has 92 valence electrons. The maximum atomic E-state index is 10.5. The third kappa shape index (κ3) is 2.09. The molecule has 3 nitrogen and oxygen atoms in total. The molecule has 1 saturated heterocycles. The third-order valence-electron chi connectivity index (χ3n) is 4.10. The molecule has 0 amide bonds. The van der Waals surface area contributed by atoms with Crippen molar-refractivity contribution in [1.82, 2.24) is 4.98 Å². The molecule has 1 aromatic heterocycles. The monoisotopic (exact) mass is 233 g/mol. The summed E-state index contributed by atoms with van der Waals surface area (Å²) in [7, 11) is 0. The van der Waals surface area contributed by atoms with Crippen LogP contribution in [-0.2, 0) is 11.2 Å². The van der Waals surface area contributed by atoms with Gasteiger partial charge in [-0.25, -0.2) is 0 Å². The highest BCUT2D eigenvalue weighted by Crippen LogP contribution is 2.36. The molecule has 3 atom stereocenters. The first-order chi connectivity index (χ1) is 8.36. The van der Waals surface area contributed by atoms with Crippen molar-refractivity contribution in [3.63, 3.8) is 0 Å². The van der Waals surface area contributed by atoms with Crippen LogP contribution >= 0.6 is 0 Å². The molecule has 1 aliphatic carbocycles. The number of hydrogen-bond donors (Lipinski definition) is 1. The van der Waals surface area contributed by atoms with Gasteiger partial charge in [0.1, 0.15) is 0 Å². The van der Waals surface area contributed by atoms with Crippen LogP contribution in [0, 0.1) is 5.92 Å². The minimum absolute atomic E-state index is 0.214. The molecule has 0 bridgehead atoms. The molecule has 1 N–H and O–H groups in total. The van der Waals surface area contributed by atoms with Gasteiger partial charge in [0, 0.05) is 30.3 Å². The van der Waals surface area contributed by atoms with Crippen LogP contribution in [0.25, 0.3) is 0 Å². The Morgan fingerprint density at radius 1 is 1.41 bits per heavy atom. The number of aliphatic hydroxyl groups is 1. The van der Waals surface area contributed by atoms with E-state index in [2.05, 4.69) is 11.1 Å². The molecule has 2 heterocycles. The quantitative estimate of drug-likeness (QED) is 0.848. The van der Waals surface area contributed by atoms with Crippen LogP contribution in [0.5, 0.6) is 0 Å². The van der Waals surface area contributed by atoms with E-state index in [1.54, 1.807) is 0 Å². The molecule has 3 heteroatoms. The number of aromatic nitrogens is 1. The van der Waals surface area contributed by atoms with Crippen LogP contribution in [0.1, 0.15) is 36.4 Å². The number of pyridine rings is 1. The maximum absolute atomic E-state index is 10.5. The minimum atomic E-state index is -0.286. The van der Waals surface area contributed by atoms with E-state index >= 15 is 0 Å². The average Bonchev–Trinajstić information content (AvgIpc) is 2.91. The van der Waals surface area contributed by atoms with Crippen molar-refractivity contribution in [2.24, 2.45) is 5.92 Å². The highest BCUT2D eigenvalue weighted by Gasteiger charge is 2.34. The SMILES string of the molecule is OC(C1CCOC1)C1CCCc2cccnc21. The lowest BCUT2D eigenvalue weighted by atomic mass is 9.79. The second kappa shape index (κ2) is 4.75. The standard InChI is InChI=1S/C14H19NO2/c16-14(11-6-8-17-9-11)12-5-1-3-10-4-2-7-15-13(10)12/h2,4,7,11-12,14,16H,1,3,5-6,8-9H2. The van der Waals surface area contributed by atoms with Gasteiger partial charge in [0.15, 0.2) is 0 Å². The Morgan fingerprint density at radius 3 is 3.18 bits per heavy atom. The highest BCUT2D eigenvalue weighted by atomic mass is 16.5. The van der Waals surface area contributed by atoms with E-state index in [-0.39, 0.29) is 12.0 Å². The van der Waals surface area contributed by atoms with Gasteiger partial charge in [-0.15, -0.1) is 0 Å². The van der Waals surface area contributed by atoms with Gasteiger partial charge in [-0.3, -0.25) is 4.98 Å². The molecule has 3 rings (SSSR count). The molecular formula is C14H19NO2. The topological polar surface area (TPSA) is 42.4 Å². The number of nitrogens with zero attached hydrogens (tertiary/aromatic N) is 1. The lowest BCUT2D eigenvalue weighted by Crippen LogP contribution is -2.31. The first kappa shape index (κ1) is 11.2. The van der Waals surface area contributed by atoms with Crippen LogP contribution in [0.15, 0.2) is 18.3 Å². The predicted octanol–water partition coefficient (Wildman–Crippen LogP) is 1.90. The zero-order chi connectivity index (χ0) is 11.7. The van der Waals surface area contributed by atoms with E-state index in [1.807, 2.05) is 12.3 Å². The predicted molar refractivity (Wildman–Crippen MR) is 64.8 cm³/mol. The van der Waals surface area contributed by atoms with Gasteiger partial charge in [-0.2, -0.15) is 0 Å². The van der Waals surface area contributed by atoms with Crippen molar-refractivity contribution in [3.8, 4) is 0 Å². The fourth-order valence-corrected chi connectivity index (χ4v) is 3.13. The zero-order valence-electron chi connectivity index (χ0n) is 10.0. The van der Waals surface area contributed by atoms with E-state index in [9.17, 15) is 5.11 Å². The molecule has 17 heavy (non-hydrogen) atoms. The second-order valence-corrected chi connectivity index (χ2v) is 5.16. The molecule has 2 aliphatic rings. The van der Waals surface area contributed by atoms with Crippen LogP contribution in [0.4, 0.5) is 0 Å². The van der Waals surface area contributed by atoms with E-state index < -0.39 is 0 Å². The molecule has 1 fully saturated rings. The van der Waals surface area contributed by atoms with E-state index in [0.29, 0.717) is 12.5 Å². The largest absolute Gasteiger partial charge is 0.392 e. The fraction of sp³-hybridized carbons (Fsp3) is 0.643. The van der Waals surface area contributed by atoms with Crippen LogP contribution in [0.3, 0.4) is 0 Å². The van der Waals surface area contributed by atoms with Crippen molar-refractivity contribution in [2.75, 3.05) is 13.2 Å². The van der Waals surface area contributed by atoms with Crippen LogP contribution in [0.2, 0.25) is 0 Å². The number of hydrogen-bond acceptors (Lipinski definition) is 3. The average molecular weight is 233 g/mol. The van der Waals surface area contributed by atoms with Crippen molar-refractivity contribution < 1.29 is 9.84 Å². The highest BCUT2D eigenvalue weighted by molar-refractivity contribution is 5.27. The van der Waals surface area contributed by atoms with Gasteiger partial charge in [-0.05, 0) is 37.3 Å². The second-order valence-electron chi connectivity index (χ2n) is 5.16. The first-order valence-electron chi connectivity index (χ1n) is 6.56. The normalized spacial score (nSPS) is 29.9. The van der Waals surface area contributed by atoms with E-state index in [0.717, 1.165) is 38.0 Å². The van der Waals surface area contributed by atoms with E-state index in [4.69, 9.17) is 4.74 Å². The summed E-state index contributed by atoms with van der Waals surface area (Å²) >= 11 is 0. The molecule has 1 aromatic rings. The molecule has 0 aromatic carbocycles. The van der Waals surface area contributed by atoms with Crippen LogP contribution < -0.4 is 0 Å². The van der Waals surface area contributed by atoms with Crippen LogP contribution in [-0.4, -0.2) is 29.4 Å². The number of rotatable bonds is 2. The Bertz CT molecular complexity index is 388. The fourth-order valence-electron chi connectivity index (χ4n) is 3.13. The molecule has 0 saturated carbocycles. The summed E-state index contributed by atoms with van der Waals surface area (Å²) in [5, 5.41) is 10.5. The maximum Gasteiger partial charge on any atom is 0.0674 e. The van der Waals surface area contributed by atoms with Gasteiger partial charge in [0.25, 0.3) is 0 Å². The molecular weight excluding hydrogens is 214 g/mol. The van der Waals surface area contributed by atoms with Crippen molar-refractivity contribution in [2.45, 2.75) is 37.7 Å². The first-order valence-corrected chi connectivity index (χ1v) is 6.56. The smallest absolute Gasteiger partial charge is 0.0674 e. The summed E-state index contributed by atoms with van der Waals surface area (Å²) in [5.41, 5.74) is 2.44. The van der Waals surface area contributed by atoms with Gasteiger partial charge in [0.05, 0.1) is 12.7 Å². The summed E-state index contributed by atoms with van der Waals surface area (Å²) in [6, 6.07) is 4.14. The summed E-state index contributed by atoms with van der Waals surface area (Å²) in [5.74, 6) is 0.514. The summed E-state index contributed by atoms with van der Waals surface area (Å²) in [4.78, 5) is 4.49.